The topological polar surface area (TPSA) is 80.2 Å². The molecule has 0 spiro atoms. The second-order valence-corrected chi connectivity index (χ2v) is 8.43. The molecule has 1 aliphatic heterocycles. The Balaban J connectivity index is 1.69. The number of halogens is 2. The SMILES string of the molecule is CC(C)(C)OC(=O)N1CC[C@@H](Nc2ncc3c(Cl)ncc(I)c3n2)C1. The number of likely N-dealkylation sites (tertiary alicyclic amines) is 1. The Morgan fingerprint density at radius 1 is 1.40 bits per heavy atom. The molecule has 1 saturated heterocycles. The van der Waals surface area contributed by atoms with Crippen molar-refractivity contribution in [1.29, 1.82) is 0 Å². The number of ether oxygens (including phenoxy) is 1. The van der Waals surface area contributed by atoms with Gasteiger partial charge in [-0.15, -0.1) is 0 Å². The number of amides is 1. The summed E-state index contributed by atoms with van der Waals surface area (Å²) in [6.45, 7) is 6.79. The lowest BCUT2D eigenvalue weighted by molar-refractivity contribution is 0.0293. The van der Waals surface area contributed by atoms with Crippen LogP contribution in [0.2, 0.25) is 5.15 Å². The molecule has 0 aromatic carbocycles. The van der Waals surface area contributed by atoms with Crippen LogP contribution in [0.1, 0.15) is 27.2 Å². The molecule has 0 saturated carbocycles. The smallest absolute Gasteiger partial charge is 0.410 e. The first-order chi connectivity index (χ1) is 11.7. The molecule has 3 heterocycles. The van der Waals surface area contributed by atoms with Crippen LogP contribution in [-0.4, -0.2) is 50.7 Å². The number of hydrogen-bond donors (Lipinski definition) is 1. The van der Waals surface area contributed by atoms with E-state index in [2.05, 4.69) is 42.9 Å². The van der Waals surface area contributed by atoms with Crippen LogP contribution in [0, 0.1) is 3.57 Å². The molecular formula is C16H19ClIN5O2. The van der Waals surface area contributed by atoms with Crippen molar-refractivity contribution in [2.75, 3.05) is 18.4 Å². The fourth-order valence-corrected chi connectivity index (χ4v) is 3.32. The molecule has 9 heteroatoms. The molecule has 3 rings (SSSR count). The lowest BCUT2D eigenvalue weighted by atomic mass is 10.2. The Bertz CT molecular complexity index is 811. The van der Waals surface area contributed by atoms with Crippen LogP contribution in [0.25, 0.3) is 10.9 Å². The molecule has 1 aliphatic rings. The minimum absolute atomic E-state index is 0.0833. The second-order valence-electron chi connectivity index (χ2n) is 6.91. The zero-order valence-corrected chi connectivity index (χ0v) is 17.1. The number of nitrogens with one attached hydrogen (secondary N) is 1. The van der Waals surface area contributed by atoms with Gasteiger partial charge >= 0.3 is 6.09 Å². The number of anilines is 1. The van der Waals surface area contributed by atoms with Crippen molar-refractivity contribution in [1.82, 2.24) is 19.9 Å². The fourth-order valence-electron chi connectivity index (χ4n) is 2.58. The van der Waals surface area contributed by atoms with Crippen LogP contribution < -0.4 is 5.32 Å². The van der Waals surface area contributed by atoms with E-state index >= 15 is 0 Å². The predicted octanol–water partition coefficient (Wildman–Crippen LogP) is 3.70. The Kier molecular flexibility index (Phi) is 5.19. The highest BCUT2D eigenvalue weighted by atomic mass is 127. The molecule has 1 atom stereocenters. The molecule has 0 bridgehead atoms. The molecule has 0 radical (unpaired) electrons. The zero-order chi connectivity index (χ0) is 18.2. The van der Waals surface area contributed by atoms with Gasteiger partial charge in [-0.2, -0.15) is 0 Å². The van der Waals surface area contributed by atoms with Crippen LogP contribution in [0.15, 0.2) is 12.4 Å². The van der Waals surface area contributed by atoms with Gasteiger partial charge in [0.1, 0.15) is 10.8 Å². The number of carbonyl (C=O) groups is 1. The standard InChI is InChI=1S/C16H19ClIN5O2/c1-16(2,3)25-15(24)23-5-4-9(8-23)21-14-20-6-10-12(22-14)11(18)7-19-13(10)17/h6-7,9H,4-5,8H2,1-3H3,(H,20,21,22)/t9-/m1/s1. The summed E-state index contributed by atoms with van der Waals surface area (Å²) in [4.78, 5) is 26.8. The van der Waals surface area contributed by atoms with E-state index in [1.807, 2.05) is 20.8 Å². The summed E-state index contributed by atoms with van der Waals surface area (Å²) in [6, 6.07) is 0.0833. The summed E-state index contributed by atoms with van der Waals surface area (Å²) in [7, 11) is 0. The first kappa shape index (κ1) is 18.4. The van der Waals surface area contributed by atoms with Crippen LogP contribution in [0.3, 0.4) is 0 Å². The first-order valence-electron chi connectivity index (χ1n) is 7.94. The predicted molar refractivity (Wildman–Crippen MR) is 105 cm³/mol. The molecule has 7 nitrogen and oxygen atoms in total. The van der Waals surface area contributed by atoms with Gasteiger partial charge < -0.3 is 15.0 Å². The monoisotopic (exact) mass is 475 g/mol. The number of nitrogens with zero attached hydrogens (tertiary/aromatic N) is 4. The Labute approximate surface area is 164 Å². The normalized spacial score (nSPS) is 17.8. The van der Waals surface area contributed by atoms with E-state index in [-0.39, 0.29) is 12.1 Å². The summed E-state index contributed by atoms with van der Waals surface area (Å²) in [5.41, 5.74) is 0.272. The number of pyridine rings is 1. The third-order valence-corrected chi connectivity index (χ3v) is 4.79. The Morgan fingerprint density at radius 3 is 2.88 bits per heavy atom. The number of hydrogen-bond acceptors (Lipinski definition) is 6. The second kappa shape index (κ2) is 7.06. The molecule has 0 aliphatic carbocycles. The van der Waals surface area contributed by atoms with Gasteiger partial charge in [0, 0.05) is 31.5 Å². The van der Waals surface area contributed by atoms with E-state index in [0.717, 1.165) is 20.9 Å². The maximum Gasteiger partial charge on any atom is 0.410 e. The molecule has 2 aromatic heterocycles. The third-order valence-electron chi connectivity index (χ3n) is 3.70. The van der Waals surface area contributed by atoms with E-state index < -0.39 is 5.60 Å². The van der Waals surface area contributed by atoms with Gasteiger partial charge in [-0.05, 0) is 49.8 Å². The summed E-state index contributed by atoms with van der Waals surface area (Å²) >= 11 is 8.26. The summed E-state index contributed by atoms with van der Waals surface area (Å²) in [6.07, 6.45) is 3.88. The summed E-state index contributed by atoms with van der Waals surface area (Å²) < 4.78 is 6.32. The Hall–Kier alpha value is -1.42. The van der Waals surface area contributed by atoms with Crippen LogP contribution in [0.4, 0.5) is 10.7 Å². The molecule has 134 valence electrons. The van der Waals surface area contributed by atoms with Crippen molar-refractivity contribution in [3.05, 3.63) is 21.1 Å². The quantitative estimate of drug-likeness (QED) is 0.527. The highest BCUT2D eigenvalue weighted by Crippen LogP contribution is 2.25. The largest absolute Gasteiger partial charge is 0.444 e. The molecule has 25 heavy (non-hydrogen) atoms. The van der Waals surface area contributed by atoms with Gasteiger partial charge in [0.15, 0.2) is 0 Å². The lowest BCUT2D eigenvalue weighted by Gasteiger charge is -2.24. The maximum atomic E-state index is 12.1. The molecule has 2 aromatic rings. The van der Waals surface area contributed by atoms with Gasteiger partial charge in [0.25, 0.3) is 0 Å². The van der Waals surface area contributed by atoms with E-state index in [4.69, 9.17) is 16.3 Å². The number of carbonyl (C=O) groups excluding carboxylic acids is 1. The zero-order valence-electron chi connectivity index (χ0n) is 14.2. The highest BCUT2D eigenvalue weighted by Gasteiger charge is 2.30. The lowest BCUT2D eigenvalue weighted by Crippen LogP contribution is -2.36. The summed E-state index contributed by atoms with van der Waals surface area (Å²) in [5, 5.41) is 4.40. The van der Waals surface area contributed by atoms with Crippen molar-refractivity contribution < 1.29 is 9.53 Å². The average molecular weight is 476 g/mol. The average Bonchev–Trinajstić information content (AvgIpc) is 2.98. The van der Waals surface area contributed by atoms with Crippen molar-refractivity contribution in [3.63, 3.8) is 0 Å². The van der Waals surface area contributed by atoms with E-state index in [0.29, 0.717) is 24.2 Å². The first-order valence-corrected chi connectivity index (χ1v) is 9.40. The van der Waals surface area contributed by atoms with E-state index in [1.165, 1.54) is 0 Å². The number of fused-ring (bicyclic) bond motifs is 1. The fraction of sp³-hybridized carbons (Fsp3) is 0.500. The van der Waals surface area contributed by atoms with Gasteiger partial charge in [0.2, 0.25) is 5.95 Å². The molecule has 0 unspecified atom stereocenters. The van der Waals surface area contributed by atoms with Gasteiger partial charge in [0.05, 0.1) is 14.5 Å². The number of aromatic nitrogens is 3. The van der Waals surface area contributed by atoms with Crippen molar-refractivity contribution in [3.8, 4) is 0 Å². The van der Waals surface area contributed by atoms with Crippen LogP contribution in [-0.2, 0) is 4.74 Å². The van der Waals surface area contributed by atoms with Gasteiger partial charge in [-0.25, -0.2) is 19.7 Å². The van der Waals surface area contributed by atoms with Crippen LogP contribution in [0.5, 0.6) is 0 Å². The van der Waals surface area contributed by atoms with Gasteiger partial charge in [-0.3, -0.25) is 0 Å². The van der Waals surface area contributed by atoms with Crippen LogP contribution >= 0.6 is 34.2 Å². The molecular weight excluding hydrogens is 457 g/mol. The molecule has 1 fully saturated rings. The molecule has 1 amide bonds. The minimum atomic E-state index is -0.492. The van der Waals surface area contributed by atoms with Crippen molar-refractivity contribution in [2.24, 2.45) is 0 Å². The van der Waals surface area contributed by atoms with E-state index in [9.17, 15) is 4.79 Å². The minimum Gasteiger partial charge on any atom is -0.444 e. The highest BCUT2D eigenvalue weighted by molar-refractivity contribution is 14.1. The molecule has 1 N–H and O–H groups in total. The van der Waals surface area contributed by atoms with E-state index in [1.54, 1.807) is 17.3 Å². The third kappa shape index (κ3) is 4.41. The van der Waals surface area contributed by atoms with Crippen molar-refractivity contribution >= 4 is 57.1 Å². The number of rotatable bonds is 2. The summed E-state index contributed by atoms with van der Waals surface area (Å²) in [5.74, 6) is 0.517. The van der Waals surface area contributed by atoms with Gasteiger partial charge in [-0.1, -0.05) is 11.6 Å². The maximum absolute atomic E-state index is 12.1. The Morgan fingerprint density at radius 2 is 2.16 bits per heavy atom. The van der Waals surface area contributed by atoms with Crippen molar-refractivity contribution in [2.45, 2.75) is 38.8 Å².